The Bertz CT molecular complexity index is 1270. The van der Waals surface area contributed by atoms with Crippen LogP contribution in [0.15, 0.2) is 37.1 Å². The second-order valence-electron chi connectivity index (χ2n) is 7.51. The van der Waals surface area contributed by atoms with E-state index in [4.69, 9.17) is 25.0 Å². The van der Waals surface area contributed by atoms with Gasteiger partial charge in [-0.15, -0.1) is 0 Å². The number of ether oxygens (including phenoxy) is 3. The molecule has 0 radical (unpaired) electrons. The normalized spacial score (nSPS) is 15.1. The molecule has 1 aliphatic heterocycles. The highest BCUT2D eigenvalue weighted by Gasteiger charge is 2.30. The lowest BCUT2D eigenvalue weighted by Gasteiger charge is -2.16. The van der Waals surface area contributed by atoms with Crippen LogP contribution in [-0.4, -0.2) is 60.0 Å². The Kier molecular flexibility index (Phi) is 6.09. The number of hydrogen-bond donors (Lipinski definition) is 1. The lowest BCUT2D eigenvalue weighted by Crippen LogP contribution is -2.27. The van der Waals surface area contributed by atoms with Crippen LogP contribution in [0.1, 0.15) is 23.7 Å². The van der Waals surface area contributed by atoms with Crippen molar-refractivity contribution in [3.05, 3.63) is 48.3 Å². The number of aromatic nitrogens is 3. The maximum absolute atomic E-state index is 12.1. The number of nitrogens with two attached hydrogens (primary N) is 1. The number of hydrogen-bond acceptors (Lipinski definition) is 7. The predicted molar refractivity (Wildman–Crippen MR) is 124 cm³/mol. The average molecular weight is 447 g/mol. The van der Waals surface area contributed by atoms with Gasteiger partial charge in [-0.3, -0.25) is 9.48 Å². The van der Waals surface area contributed by atoms with Crippen molar-refractivity contribution in [1.29, 1.82) is 0 Å². The van der Waals surface area contributed by atoms with E-state index in [0.717, 1.165) is 6.42 Å². The molecule has 4 rings (SSSR count). The molecule has 1 fully saturated rings. The van der Waals surface area contributed by atoms with Gasteiger partial charge < -0.3 is 24.8 Å². The fraction of sp³-hybridized carbons (Fsp3) is 0.292. The predicted octanol–water partition coefficient (Wildman–Crippen LogP) is 2.40. The van der Waals surface area contributed by atoms with Gasteiger partial charge in [-0.05, 0) is 30.6 Å². The molecule has 1 aliphatic rings. The average Bonchev–Trinajstić information content (AvgIpc) is 3.48. The van der Waals surface area contributed by atoms with Crippen molar-refractivity contribution in [1.82, 2.24) is 19.7 Å². The molecule has 9 nitrogen and oxygen atoms in total. The summed E-state index contributed by atoms with van der Waals surface area (Å²) in [5, 5.41) is 5.39. The van der Waals surface area contributed by atoms with Crippen LogP contribution in [0.25, 0.3) is 10.9 Å². The summed E-state index contributed by atoms with van der Waals surface area (Å²) in [5.74, 6) is 8.25. The van der Waals surface area contributed by atoms with Crippen LogP contribution in [-0.2, 0) is 4.79 Å². The number of amides is 1. The Balaban J connectivity index is 1.82. The summed E-state index contributed by atoms with van der Waals surface area (Å²) in [6.07, 6.45) is 3.63. The molecule has 0 aliphatic carbocycles. The lowest BCUT2D eigenvalue weighted by atomic mass is 10.1. The standard InChI is InChI=1S/C24H25N5O4/c1-5-21(30)28-9-8-16(14-28)29-23-20(33-4)13-26-24(25)22(23)19(27-29)7-6-15-10-17(31-2)12-18(11-15)32-3/h5,10-13,16H,1,8-9,14H2,2-4H3,(H2,25,26)/t16-/m0/s1. The topological polar surface area (TPSA) is 105 Å². The zero-order valence-corrected chi connectivity index (χ0v) is 18.8. The van der Waals surface area contributed by atoms with Gasteiger partial charge in [-0.25, -0.2) is 4.98 Å². The second-order valence-corrected chi connectivity index (χ2v) is 7.51. The van der Waals surface area contributed by atoms with E-state index in [-0.39, 0.29) is 11.9 Å². The number of rotatable bonds is 5. The fourth-order valence-electron chi connectivity index (χ4n) is 3.95. The number of likely N-dealkylation sites (tertiary alicyclic amines) is 1. The molecule has 2 aromatic heterocycles. The highest BCUT2D eigenvalue weighted by atomic mass is 16.5. The first-order chi connectivity index (χ1) is 16.0. The van der Waals surface area contributed by atoms with Crippen molar-refractivity contribution in [3.8, 4) is 29.1 Å². The van der Waals surface area contributed by atoms with Crippen molar-refractivity contribution in [2.75, 3.05) is 40.2 Å². The van der Waals surface area contributed by atoms with Gasteiger partial charge >= 0.3 is 0 Å². The van der Waals surface area contributed by atoms with Gasteiger partial charge in [0.05, 0.1) is 39.0 Å². The minimum Gasteiger partial charge on any atom is -0.497 e. The largest absolute Gasteiger partial charge is 0.497 e. The summed E-state index contributed by atoms with van der Waals surface area (Å²) < 4.78 is 18.1. The molecule has 1 aromatic carbocycles. The van der Waals surface area contributed by atoms with Crippen molar-refractivity contribution in [2.24, 2.45) is 0 Å². The summed E-state index contributed by atoms with van der Waals surface area (Å²) in [6.45, 7) is 4.70. The van der Waals surface area contributed by atoms with Crippen LogP contribution in [0, 0.1) is 11.8 Å². The van der Waals surface area contributed by atoms with Gasteiger partial charge in [0.15, 0.2) is 5.75 Å². The van der Waals surface area contributed by atoms with Crippen molar-refractivity contribution in [3.63, 3.8) is 0 Å². The molecule has 170 valence electrons. The number of carbonyl (C=O) groups excluding carboxylic acids is 1. The number of fused-ring (bicyclic) bond motifs is 1. The van der Waals surface area contributed by atoms with E-state index < -0.39 is 0 Å². The summed E-state index contributed by atoms with van der Waals surface area (Å²) in [4.78, 5) is 18.1. The zero-order chi connectivity index (χ0) is 23.5. The maximum atomic E-state index is 12.1. The first-order valence-corrected chi connectivity index (χ1v) is 10.4. The summed E-state index contributed by atoms with van der Waals surface area (Å²) in [6, 6.07) is 5.34. The van der Waals surface area contributed by atoms with Crippen LogP contribution >= 0.6 is 0 Å². The SMILES string of the molecule is C=CC(=O)N1CC[C@H](n2nc(C#Cc3cc(OC)cc(OC)c3)c3c(N)ncc(OC)c32)C1. The third-order valence-electron chi connectivity index (χ3n) is 5.61. The number of carbonyl (C=O) groups is 1. The number of anilines is 1. The summed E-state index contributed by atoms with van der Waals surface area (Å²) >= 11 is 0. The van der Waals surface area contributed by atoms with Crippen molar-refractivity contribution in [2.45, 2.75) is 12.5 Å². The molecule has 1 amide bonds. The first-order valence-electron chi connectivity index (χ1n) is 10.4. The molecule has 0 bridgehead atoms. The van der Waals surface area contributed by atoms with E-state index in [9.17, 15) is 4.79 Å². The Morgan fingerprint density at radius 1 is 1.18 bits per heavy atom. The van der Waals surface area contributed by atoms with Gasteiger partial charge in [0.1, 0.15) is 28.5 Å². The van der Waals surface area contributed by atoms with Gasteiger partial charge in [-0.2, -0.15) is 5.10 Å². The minimum atomic E-state index is -0.103. The van der Waals surface area contributed by atoms with Crippen LogP contribution in [0.2, 0.25) is 0 Å². The van der Waals surface area contributed by atoms with E-state index in [1.165, 1.54) is 6.08 Å². The smallest absolute Gasteiger partial charge is 0.246 e. The van der Waals surface area contributed by atoms with Gasteiger partial charge in [0.25, 0.3) is 0 Å². The van der Waals surface area contributed by atoms with Crippen LogP contribution < -0.4 is 19.9 Å². The molecule has 3 aromatic rings. The van der Waals surface area contributed by atoms with E-state index in [2.05, 4.69) is 23.4 Å². The molecule has 9 heteroatoms. The van der Waals surface area contributed by atoms with Gasteiger partial charge in [0, 0.05) is 24.7 Å². The summed E-state index contributed by atoms with van der Waals surface area (Å²) in [7, 11) is 4.74. The van der Waals surface area contributed by atoms with Gasteiger partial charge in [-0.1, -0.05) is 12.5 Å². The summed E-state index contributed by atoms with van der Waals surface area (Å²) in [5.41, 5.74) is 8.13. The third-order valence-corrected chi connectivity index (χ3v) is 5.61. The van der Waals surface area contributed by atoms with E-state index in [1.54, 1.807) is 38.5 Å². The number of benzene rings is 1. The monoisotopic (exact) mass is 447 g/mol. The highest BCUT2D eigenvalue weighted by Crippen LogP contribution is 2.35. The molecule has 0 spiro atoms. The Morgan fingerprint density at radius 3 is 2.55 bits per heavy atom. The molecule has 3 heterocycles. The molecule has 0 saturated carbocycles. The molecular weight excluding hydrogens is 422 g/mol. The molecule has 1 saturated heterocycles. The highest BCUT2D eigenvalue weighted by molar-refractivity contribution is 5.97. The quantitative estimate of drug-likeness (QED) is 0.473. The molecule has 33 heavy (non-hydrogen) atoms. The first kappa shape index (κ1) is 22.0. The van der Waals surface area contributed by atoms with Crippen LogP contribution in [0.5, 0.6) is 17.2 Å². The Labute approximate surface area is 191 Å². The number of pyridine rings is 1. The van der Waals surface area contributed by atoms with Crippen LogP contribution in [0.3, 0.4) is 0 Å². The lowest BCUT2D eigenvalue weighted by molar-refractivity contribution is -0.125. The minimum absolute atomic E-state index is 0.0560. The Hall–Kier alpha value is -4.19. The third kappa shape index (κ3) is 4.15. The van der Waals surface area contributed by atoms with E-state index >= 15 is 0 Å². The number of nitrogen functional groups attached to an aromatic ring is 1. The maximum Gasteiger partial charge on any atom is 0.246 e. The second kappa shape index (κ2) is 9.12. The molecular formula is C24H25N5O4. The van der Waals surface area contributed by atoms with Gasteiger partial charge in [0.2, 0.25) is 5.91 Å². The van der Waals surface area contributed by atoms with Crippen LogP contribution in [0.4, 0.5) is 5.82 Å². The van der Waals surface area contributed by atoms with Crippen molar-refractivity contribution >= 4 is 22.6 Å². The Morgan fingerprint density at radius 2 is 1.91 bits per heavy atom. The molecule has 0 unspecified atom stereocenters. The van der Waals surface area contributed by atoms with E-state index in [0.29, 0.717) is 58.3 Å². The molecule has 2 N–H and O–H groups in total. The van der Waals surface area contributed by atoms with E-state index in [1.807, 2.05) is 16.8 Å². The zero-order valence-electron chi connectivity index (χ0n) is 18.8. The molecule has 1 atom stereocenters. The fourth-order valence-corrected chi connectivity index (χ4v) is 3.95. The number of nitrogens with zero attached hydrogens (tertiary/aromatic N) is 4. The van der Waals surface area contributed by atoms with Crippen molar-refractivity contribution < 1.29 is 19.0 Å². The number of methoxy groups -OCH3 is 3.